The van der Waals surface area contributed by atoms with Crippen molar-refractivity contribution in [3.8, 4) is 5.75 Å². The van der Waals surface area contributed by atoms with Crippen LogP contribution in [0.4, 0.5) is 8.78 Å². The zero-order chi connectivity index (χ0) is 17.0. The van der Waals surface area contributed by atoms with Crippen LogP contribution in [0.15, 0.2) is 23.9 Å². The highest BCUT2D eigenvalue weighted by molar-refractivity contribution is 6.24. The molecule has 124 valence electrons. The third-order valence-corrected chi connectivity index (χ3v) is 3.28. The van der Waals surface area contributed by atoms with Crippen LogP contribution >= 0.6 is 0 Å². The fraction of sp³-hybridized carbons (Fsp3) is 0.375. The molecular formula is C16H17F2NO4. The molecule has 0 unspecified atom stereocenters. The predicted octanol–water partition coefficient (Wildman–Crippen LogP) is 2.36. The summed E-state index contributed by atoms with van der Waals surface area (Å²) in [6, 6.07) is 2.08. The number of halogens is 2. The lowest BCUT2D eigenvalue weighted by Gasteiger charge is -2.10. The maximum atomic E-state index is 14.2. The molecule has 1 aromatic rings. The van der Waals surface area contributed by atoms with Crippen LogP contribution in [0.1, 0.15) is 30.1 Å². The lowest BCUT2D eigenvalue weighted by molar-refractivity contribution is -0.138. The Balaban J connectivity index is 2.36. The van der Waals surface area contributed by atoms with Gasteiger partial charge in [-0.3, -0.25) is 4.79 Å². The fourth-order valence-corrected chi connectivity index (χ4v) is 1.92. The molecule has 0 bridgehead atoms. The molecular weight excluding hydrogens is 308 g/mol. The topological polar surface area (TPSA) is 64.6 Å². The summed E-state index contributed by atoms with van der Waals surface area (Å²) in [7, 11) is 1.09. The van der Waals surface area contributed by atoms with Crippen LogP contribution in [0.5, 0.6) is 5.75 Å². The Morgan fingerprint density at radius 3 is 2.61 bits per heavy atom. The van der Waals surface area contributed by atoms with Gasteiger partial charge in [0.2, 0.25) is 5.78 Å². The van der Waals surface area contributed by atoms with Crippen LogP contribution in [-0.4, -0.2) is 31.5 Å². The van der Waals surface area contributed by atoms with Crippen LogP contribution < -0.4 is 10.1 Å². The average molecular weight is 325 g/mol. The Morgan fingerprint density at radius 2 is 2.04 bits per heavy atom. The Labute approximate surface area is 132 Å². The fourth-order valence-electron chi connectivity index (χ4n) is 1.92. The number of rotatable bonds is 7. The number of nitrogens with one attached hydrogen (secondary N) is 1. The number of ketones is 1. The lowest BCUT2D eigenvalue weighted by atomic mass is 10.0. The van der Waals surface area contributed by atoms with E-state index in [-0.39, 0.29) is 18.2 Å². The molecule has 1 saturated carbocycles. The summed E-state index contributed by atoms with van der Waals surface area (Å²) in [5.74, 6) is -4.52. The second kappa shape index (κ2) is 7.21. The van der Waals surface area contributed by atoms with E-state index in [0.29, 0.717) is 0 Å². The number of ether oxygens (including phenoxy) is 2. The Kier molecular flexibility index (Phi) is 5.31. The van der Waals surface area contributed by atoms with Crippen LogP contribution in [0.25, 0.3) is 0 Å². The summed E-state index contributed by atoms with van der Waals surface area (Å²) in [6.45, 7) is 1.66. The molecule has 1 aliphatic carbocycles. The Morgan fingerprint density at radius 1 is 1.35 bits per heavy atom. The molecule has 0 radical (unpaired) electrons. The third kappa shape index (κ3) is 3.85. The third-order valence-electron chi connectivity index (χ3n) is 3.28. The van der Waals surface area contributed by atoms with Gasteiger partial charge >= 0.3 is 5.97 Å². The smallest absolute Gasteiger partial charge is 0.343 e. The second-order valence-corrected chi connectivity index (χ2v) is 4.99. The largest absolute Gasteiger partial charge is 0.491 e. The van der Waals surface area contributed by atoms with Crippen molar-refractivity contribution in [2.45, 2.75) is 25.8 Å². The van der Waals surface area contributed by atoms with Crippen molar-refractivity contribution in [1.29, 1.82) is 0 Å². The van der Waals surface area contributed by atoms with Gasteiger partial charge in [-0.2, -0.15) is 0 Å². The van der Waals surface area contributed by atoms with Gasteiger partial charge in [0, 0.05) is 12.2 Å². The number of carbonyl (C=O) groups excluding carboxylic acids is 2. The maximum absolute atomic E-state index is 14.2. The molecule has 5 nitrogen and oxygen atoms in total. The van der Waals surface area contributed by atoms with Crippen molar-refractivity contribution in [2.24, 2.45) is 0 Å². The van der Waals surface area contributed by atoms with E-state index >= 15 is 0 Å². The average Bonchev–Trinajstić information content (AvgIpc) is 3.32. The molecule has 1 fully saturated rings. The van der Waals surface area contributed by atoms with E-state index in [1.165, 1.54) is 6.20 Å². The quantitative estimate of drug-likeness (QED) is 0.274. The summed E-state index contributed by atoms with van der Waals surface area (Å²) in [5.41, 5.74) is -0.800. The molecule has 0 spiro atoms. The highest BCUT2D eigenvalue weighted by Crippen LogP contribution is 2.26. The molecule has 0 aromatic heterocycles. The van der Waals surface area contributed by atoms with Crippen molar-refractivity contribution in [3.05, 3.63) is 41.1 Å². The molecule has 0 amide bonds. The molecule has 7 heteroatoms. The summed E-state index contributed by atoms with van der Waals surface area (Å²) in [5, 5.41) is 2.89. The summed E-state index contributed by atoms with van der Waals surface area (Å²) in [4.78, 5) is 24.4. The number of methoxy groups -OCH3 is 1. The Bertz CT molecular complexity index is 654. The second-order valence-electron chi connectivity index (χ2n) is 4.99. The van der Waals surface area contributed by atoms with Gasteiger partial charge in [0.15, 0.2) is 17.4 Å². The van der Waals surface area contributed by atoms with Crippen LogP contribution in [0, 0.1) is 11.6 Å². The highest BCUT2D eigenvalue weighted by atomic mass is 19.1. The number of benzene rings is 1. The lowest BCUT2D eigenvalue weighted by Crippen LogP contribution is -2.21. The number of carbonyl (C=O) groups is 2. The summed E-state index contributed by atoms with van der Waals surface area (Å²) < 4.78 is 37.1. The van der Waals surface area contributed by atoms with E-state index in [2.05, 4.69) is 10.1 Å². The van der Waals surface area contributed by atoms with E-state index in [1.54, 1.807) is 6.92 Å². The minimum Gasteiger partial charge on any atom is -0.491 e. The van der Waals surface area contributed by atoms with Gasteiger partial charge in [-0.25, -0.2) is 13.6 Å². The van der Waals surface area contributed by atoms with E-state index < -0.39 is 34.7 Å². The van der Waals surface area contributed by atoms with Crippen LogP contribution in [-0.2, 0) is 9.53 Å². The molecule has 0 heterocycles. The first-order valence-corrected chi connectivity index (χ1v) is 7.19. The minimum atomic E-state index is -1.15. The van der Waals surface area contributed by atoms with E-state index in [4.69, 9.17) is 4.74 Å². The van der Waals surface area contributed by atoms with Crippen molar-refractivity contribution >= 4 is 11.8 Å². The zero-order valence-electron chi connectivity index (χ0n) is 12.8. The molecule has 0 atom stereocenters. The van der Waals surface area contributed by atoms with Gasteiger partial charge in [0.1, 0.15) is 5.57 Å². The number of Topliss-reactive ketones (excluding diaryl/α,β-unsaturated/α-hetero) is 1. The van der Waals surface area contributed by atoms with Gasteiger partial charge in [-0.05, 0) is 31.9 Å². The van der Waals surface area contributed by atoms with Crippen LogP contribution in [0.3, 0.4) is 0 Å². The van der Waals surface area contributed by atoms with Crippen LogP contribution in [0.2, 0.25) is 0 Å². The van der Waals surface area contributed by atoms with Gasteiger partial charge in [0.25, 0.3) is 0 Å². The van der Waals surface area contributed by atoms with Gasteiger partial charge in [-0.1, -0.05) is 0 Å². The van der Waals surface area contributed by atoms with Crippen molar-refractivity contribution < 1.29 is 27.8 Å². The summed E-state index contributed by atoms with van der Waals surface area (Å²) in [6.07, 6.45) is 3.09. The molecule has 2 rings (SSSR count). The molecule has 0 aliphatic heterocycles. The molecule has 1 aromatic carbocycles. The van der Waals surface area contributed by atoms with E-state index in [9.17, 15) is 18.4 Å². The zero-order valence-corrected chi connectivity index (χ0v) is 12.8. The number of esters is 1. The monoisotopic (exact) mass is 325 g/mol. The molecule has 1 N–H and O–H groups in total. The standard InChI is InChI=1S/C16H17F2NO4/c1-3-23-16(21)11(8-19-9-4-5-9)14(20)10-6-7-12(17)15(22-2)13(10)18/h6-9,19H,3-5H2,1-2H3/b11-8+. The SMILES string of the molecule is CCOC(=O)/C(=C/NC1CC1)C(=O)c1ccc(F)c(OC)c1F. The number of hydrogen-bond donors (Lipinski definition) is 1. The maximum Gasteiger partial charge on any atom is 0.343 e. The molecule has 23 heavy (non-hydrogen) atoms. The molecule has 1 aliphatic rings. The summed E-state index contributed by atoms with van der Waals surface area (Å²) >= 11 is 0. The van der Waals surface area contributed by atoms with Crippen molar-refractivity contribution in [3.63, 3.8) is 0 Å². The normalized spacial score (nSPS) is 14.3. The van der Waals surface area contributed by atoms with E-state index in [1.807, 2.05) is 0 Å². The number of hydrogen-bond acceptors (Lipinski definition) is 5. The first-order chi connectivity index (χ1) is 11.0. The van der Waals surface area contributed by atoms with Gasteiger partial charge < -0.3 is 14.8 Å². The van der Waals surface area contributed by atoms with Crippen molar-refractivity contribution in [2.75, 3.05) is 13.7 Å². The predicted molar refractivity (Wildman–Crippen MR) is 78.1 cm³/mol. The molecule has 0 saturated heterocycles. The van der Waals surface area contributed by atoms with Crippen molar-refractivity contribution in [1.82, 2.24) is 5.32 Å². The van der Waals surface area contributed by atoms with E-state index in [0.717, 1.165) is 32.1 Å². The van der Waals surface area contributed by atoms with Gasteiger partial charge in [0.05, 0.1) is 19.3 Å². The van der Waals surface area contributed by atoms with Gasteiger partial charge in [-0.15, -0.1) is 0 Å². The Hall–Kier alpha value is -2.44. The first kappa shape index (κ1) is 16.9. The highest BCUT2D eigenvalue weighted by Gasteiger charge is 2.28. The minimum absolute atomic E-state index is 0.0715. The first-order valence-electron chi connectivity index (χ1n) is 7.19.